The lowest BCUT2D eigenvalue weighted by atomic mass is 10.2. The van der Waals surface area contributed by atoms with Gasteiger partial charge in [-0.25, -0.2) is 14.0 Å². The molecule has 0 bridgehead atoms. The molecular weight excluding hydrogens is 431 g/mol. The first-order valence-corrected chi connectivity index (χ1v) is 10.6. The minimum atomic E-state index is -0.790. The van der Waals surface area contributed by atoms with Gasteiger partial charge in [0.1, 0.15) is 24.4 Å². The van der Waals surface area contributed by atoms with Gasteiger partial charge in [0, 0.05) is 7.11 Å². The summed E-state index contributed by atoms with van der Waals surface area (Å²) in [5.74, 6) is -0.825. The first-order chi connectivity index (χ1) is 15.7. The molecule has 1 N–H and O–H groups in total. The second kappa shape index (κ2) is 10.5. The van der Waals surface area contributed by atoms with Gasteiger partial charge in [0.05, 0.1) is 18.8 Å². The summed E-state index contributed by atoms with van der Waals surface area (Å²) in [6, 6.07) is 13.5. The van der Waals surface area contributed by atoms with Crippen molar-refractivity contribution in [2.75, 3.05) is 25.5 Å². The SMILES string of the molecule is CO[C@H]1CN(C(=O)OC(C)(C)C)C[C@@H]1Oc1cccc(NC(=O)OCc2ccccc2)c1F. The van der Waals surface area contributed by atoms with Crippen LogP contribution in [-0.4, -0.2) is 55.1 Å². The number of likely N-dealkylation sites (tertiary alicyclic amines) is 1. The number of benzene rings is 2. The third-order valence-corrected chi connectivity index (χ3v) is 4.86. The fraction of sp³-hybridized carbons (Fsp3) is 0.417. The smallest absolute Gasteiger partial charge is 0.412 e. The first kappa shape index (κ1) is 24.3. The van der Waals surface area contributed by atoms with Gasteiger partial charge in [-0.15, -0.1) is 0 Å². The van der Waals surface area contributed by atoms with E-state index in [9.17, 15) is 9.59 Å². The number of nitrogens with one attached hydrogen (secondary N) is 1. The minimum absolute atomic E-state index is 0.0581. The van der Waals surface area contributed by atoms with E-state index < -0.39 is 35.8 Å². The highest BCUT2D eigenvalue weighted by Gasteiger charge is 2.39. The molecule has 2 amide bonds. The van der Waals surface area contributed by atoms with E-state index in [0.29, 0.717) is 0 Å². The Labute approximate surface area is 192 Å². The number of amides is 2. The zero-order valence-corrected chi connectivity index (χ0v) is 19.2. The van der Waals surface area contributed by atoms with Crippen molar-refractivity contribution in [2.45, 2.75) is 45.2 Å². The number of ether oxygens (including phenoxy) is 4. The molecule has 0 saturated carbocycles. The molecule has 9 heteroatoms. The highest BCUT2D eigenvalue weighted by molar-refractivity contribution is 5.85. The van der Waals surface area contributed by atoms with Gasteiger partial charge in [0.25, 0.3) is 0 Å². The third kappa shape index (κ3) is 6.82. The van der Waals surface area contributed by atoms with Gasteiger partial charge in [0.15, 0.2) is 11.6 Å². The number of rotatable bonds is 6. The predicted molar refractivity (Wildman–Crippen MR) is 120 cm³/mol. The zero-order valence-electron chi connectivity index (χ0n) is 19.2. The van der Waals surface area contributed by atoms with Crippen molar-refractivity contribution < 1.29 is 32.9 Å². The first-order valence-electron chi connectivity index (χ1n) is 10.6. The summed E-state index contributed by atoms with van der Waals surface area (Å²) < 4.78 is 36.8. The molecule has 8 nitrogen and oxygen atoms in total. The summed E-state index contributed by atoms with van der Waals surface area (Å²) >= 11 is 0. The number of methoxy groups -OCH3 is 1. The van der Waals surface area contributed by atoms with Crippen molar-refractivity contribution in [3.05, 3.63) is 59.9 Å². The Bertz CT molecular complexity index is 963. The largest absolute Gasteiger partial charge is 0.483 e. The maximum Gasteiger partial charge on any atom is 0.412 e. The molecule has 2 atom stereocenters. The average Bonchev–Trinajstić information content (AvgIpc) is 3.18. The summed E-state index contributed by atoms with van der Waals surface area (Å²) in [6.07, 6.45) is -2.36. The molecule has 1 aliphatic rings. The van der Waals surface area contributed by atoms with Crippen molar-refractivity contribution in [3.8, 4) is 5.75 Å². The molecular formula is C24H29FN2O6. The van der Waals surface area contributed by atoms with Gasteiger partial charge in [0.2, 0.25) is 0 Å². The summed E-state index contributed by atoms with van der Waals surface area (Å²) in [6.45, 7) is 5.82. The van der Waals surface area contributed by atoms with Crippen molar-refractivity contribution >= 4 is 17.9 Å². The highest BCUT2D eigenvalue weighted by atomic mass is 19.1. The Morgan fingerprint density at radius 2 is 1.76 bits per heavy atom. The van der Waals surface area contributed by atoms with Crippen molar-refractivity contribution in [3.63, 3.8) is 0 Å². The van der Waals surface area contributed by atoms with E-state index in [1.807, 2.05) is 30.3 Å². The average molecular weight is 461 g/mol. The van der Waals surface area contributed by atoms with Crippen LogP contribution in [0, 0.1) is 5.82 Å². The van der Waals surface area contributed by atoms with E-state index >= 15 is 4.39 Å². The molecule has 0 aliphatic carbocycles. The standard InChI is InChI=1S/C24H29FN2O6/c1-24(2,3)33-23(29)27-13-19(30-4)20(14-27)32-18-12-8-11-17(21(18)25)26-22(28)31-15-16-9-6-5-7-10-16/h5-12,19-20H,13-15H2,1-4H3,(H,26,28)/t19-,20-/m0/s1. The molecule has 3 rings (SSSR count). The Balaban J connectivity index is 1.62. The van der Waals surface area contributed by atoms with Crippen molar-refractivity contribution in [2.24, 2.45) is 0 Å². The number of nitrogens with zero attached hydrogens (tertiary/aromatic N) is 1. The maximum absolute atomic E-state index is 15.0. The van der Waals surface area contributed by atoms with E-state index in [1.165, 1.54) is 24.1 Å². The van der Waals surface area contributed by atoms with E-state index in [-0.39, 0.29) is 31.1 Å². The second-order valence-electron chi connectivity index (χ2n) is 8.62. The third-order valence-electron chi connectivity index (χ3n) is 4.86. The molecule has 1 heterocycles. The molecule has 2 aromatic rings. The lowest BCUT2D eigenvalue weighted by Crippen LogP contribution is -2.36. The molecule has 1 saturated heterocycles. The fourth-order valence-electron chi connectivity index (χ4n) is 3.29. The van der Waals surface area contributed by atoms with Crippen LogP contribution in [0.15, 0.2) is 48.5 Å². The van der Waals surface area contributed by atoms with Gasteiger partial charge in [-0.3, -0.25) is 5.32 Å². The lowest BCUT2D eigenvalue weighted by Gasteiger charge is -2.24. The molecule has 33 heavy (non-hydrogen) atoms. The van der Waals surface area contributed by atoms with Crippen LogP contribution < -0.4 is 10.1 Å². The number of halogens is 1. The monoisotopic (exact) mass is 460 g/mol. The van der Waals surface area contributed by atoms with E-state index in [0.717, 1.165) is 5.56 Å². The van der Waals surface area contributed by atoms with Crippen LogP contribution >= 0.6 is 0 Å². The van der Waals surface area contributed by atoms with Crippen LogP contribution in [0.5, 0.6) is 5.75 Å². The summed E-state index contributed by atoms with van der Waals surface area (Å²) in [5.41, 5.74) is 0.0907. The Morgan fingerprint density at radius 3 is 2.42 bits per heavy atom. The molecule has 2 aromatic carbocycles. The Hall–Kier alpha value is -3.33. The molecule has 0 unspecified atom stereocenters. The summed E-state index contributed by atoms with van der Waals surface area (Å²) in [7, 11) is 1.50. The Morgan fingerprint density at radius 1 is 1.06 bits per heavy atom. The predicted octanol–water partition coefficient (Wildman–Crippen LogP) is 4.59. The molecule has 0 radical (unpaired) electrons. The number of carbonyl (C=O) groups excluding carboxylic acids is 2. The summed E-state index contributed by atoms with van der Waals surface area (Å²) in [5, 5.41) is 2.39. The Kier molecular flexibility index (Phi) is 7.75. The molecule has 0 spiro atoms. The minimum Gasteiger partial charge on any atom is -0.483 e. The van der Waals surface area contributed by atoms with E-state index in [4.69, 9.17) is 18.9 Å². The van der Waals surface area contributed by atoms with Crippen LogP contribution in [-0.2, 0) is 20.8 Å². The molecule has 1 fully saturated rings. The highest BCUT2D eigenvalue weighted by Crippen LogP contribution is 2.28. The number of hydrogen-bond acceptors (Lipinski definition) is 6. The lowest BCUT2D eigenvalue weighted by molar-refractivity contribution is 0.0239. The van der Waals surface area contributed by atoms with E-state index in [1.54, 1.807) is 26.8 Å². The molecule has 1 aliphatic heterocycles. The molecule has 0 aromatic heterocycles. The van der Waals surface area contributed by atoms with E-state index in [2.05, 4.69) is 5.32 Å². The number of hydrogen-bond donors (Lipinski definition) is 1. The van der Waals surface area contributed by atoms with Gasteiger partial charge < -0.3 is 23.8 Å². The van der Waals surface area contributed by atoms with Gasteiger partial charge in [-0.2, -0.15) is 0 Å². The fourth-order valence-corrected chi connectivity index (χ4v) is 3.29. The number of carbonyl (C=O) groups is 2. The van der Waals surface area contributed by atoms with Crippen LogP contribution in [0.25, 0.3) is 0 Å². The van der Waals surface area contributed by atoms with Crippen LogP contribution in [0.4, 0.5) is 19.7 Å². The van der Waals surface area contributed by atoms with Gasteiger partial charge in [-0.05, 0) is 38.5 Å². The van der Waals surface area contributed by atoms with Crippen LogP contribution in [0.1, 0.15) is 26.3 Å². The second-order valence-corrected chi connectivity index (χ2v) is 8.62. The van der Waals surface area contributed by atoms with Gasteiger partial charge >= 0.3 is 12.2 Å². The van der Waals surface area contributed by atoms with Gasteiger partial charge in [-0.1, -0.05) is 36.4 Å². The maximum atomic E-state index is 15.0. The molecule has 178 valence electrons. The summed E-state index contributed by atoms with van der Waals surface area (Å²) in [4.78, 5) is 26.0. The quantitative estimate of drug-likeness (QED) is 0.679. The van der Waals surface area contributed by atoms with Crippen LogP contribution in [0.2, 0.25) is 0 Å². The topological polar surface area (TPSA) is 86.3 Å². The zero-order chi connectivity index (χ0) is 24.0. The van der Waals surface area contributed by atoms with Crippen LogP contribution in [0.3, 0.4) is 0 Å². The normalized spacial score (nSPS) is 18.0. The van der Waals surface area contributed by atoms with Crippen molar-refractivity contribution in [1.82, 2.24) is 4.90 Å². The van der Waals surface area contributed by atoms with Crippen molar-refractivity contribution in [1.29, 1.82) is 0 Å². The number of anilines is 1.